The molecule has 0 fully saturated rings. The van der Waals surface area contributed by atoms with Crippen LogP contribution in [0.4, 0.5) is 0 Å². The summed E-state index contributed by atoms with van der Waals surface area (Å²) in [6.45, 7) is 5.94. The maximum atomic E-state index is 13.7. The summed E-state index contributed by atoms with van der Waals surface area (Å²) in [5.41, 5.74) is 5.54. The molecule has 8 nitrogen and oxygen atoms in total. The molecule has 7 rings (SSSR count). The Kier molecular flexibility index (Phi) is 7.77. The van der Waals surface area contributed by atoms with Crippen molar-refractivity contribution in [3.05, 3.63) is 77.6 Å². The molecule has 0 bridgehead atoms. The summed E-state index contributed by atoms with van der Waals surface area (Å²) in [5, 5.41) is 8.23. The number of fused-ring (bicyclic) bond motifs is 5. The normalized spacial score (nSPS) is 14.9. The third-order valence-corrected chi connectivity index (χ3v) is 8.39. The number of rotatable bonds is 7. The first-order valence-corrected chi connectivity index (χ1v) is 15.5. The SMILES string of the molecule is CCOC(=O)c1c(CCCOc2cccc3ccccc23)c2cccc3c2n1CCCCOCc1nn2c(c1-3)OCCC2. The van der Waals surface area contributed by atoms with Gasteiger partial charge < -0.3 is 23.5 Å². The second-order valence-corrected chi connectivity index (χ2v) is 11.1. The molecule has 43 heavy (non-hydrogen) atoms. The highest BCUT2D eigenvalue weighted by Crippen LogP contribution is 2.42. The lowest BCUT2D eigenvalue weighted by Gasteiger charge is -2.17. The predicted octanol–water partition coefficient (Wildman–Crippen LogP) is 6.94. The molecule has 0 amide bonds. The van der Waals surface area contributed by atoms with Gasteiger partial charge >= 0.3 is 5.97 Å². The third-order valence-electron chi connectivity index (χ3n) is 8.39. The molecule has 4 heterocycles. The van der Waals surface area contributed by atoms with E-state index < -0.39 is 0 Å². The van der Waals surface area contributed by atoms with Gasteiger partial charge in [-0.05, 0) is 49.6 Å². The summed E-state index contributed by atoms with van der Waals surface area (Å²) < 4.78 is 28.4. The van der Waals surface area contributed by atoms with Crippen molar-refractivity contribution in [3.63, 3.8) is 0 Å². The van der Waals surface area contributed by atoms with Gasteiger partial charge in [0.2, 0.25) is 5.88 Å². The molecule has 0 N–H and O–H groups in total. The van der Waals surface area contributed by atoms with Crippen LogP contribution in [0.25, 0.3) is 32.8 Å². The van der Waals surface area contributed by atoms with Crippen molar-refractivity contribution in [1.29, 1.82) is 0 Å². The van der Waals surface area contributed by atoms with E-state index in [2.05, 4.69) is 41.0 Å². The molecule has 222 valence electrons. The first-order valence-electron chi connectivity index (χ1n) is 15.5. The largest absolute Gasteiger partial charge is 0.493 e. The highest BCUT2D eigenvalue weighted by molar-refractivity contribution is 6.05. The summed E-state index contributed by atoms with van der Waals surface area (Å²) in [6, 6.07) is 20.7. The second kappa shape index (κ2) is 12.1. The summed E-state index contributed by atoms with van der Waals surface area (Å²) in [5.74, 6) is 1.38. The number of hydrogen-bond acceptors (Lipinski definition) is 6. The maximum absolute atomic E-state index is 13.7. The van der Waals surface area contributed by atoms with Crippen LogP contribution < -0.4 is 9.47 Å². The van der Waals surface area contributed by atoms with Gasteiger partial charge in [0.05, 0.1) is 37.5 Å². The fraction of sp³-hybridized carbons (Fsp3) is 0.371. The number of nitrogens with zero attached hydrogens (tertiary/aromatic N) is 3. The van der Waals surface area contributed by atoms with Crippen molar-refractivity contribution in [2.24, 2.45) is 0 Å². The van der Waals surface area contributed by atoms with Crippen LogP contribution in [0.15, 0.2) is 60.7 Å². The quantitative estimate of drug-likeness (QED) is 0.154. The zero-order valence-electron chi connectivity index (χ0n) is 24.6. The van der Waals surface area contributed by atoms with Crippen molar-refractivity contribution in [2.75, 3.05) is 26.4 Å². The molecule has 2 aliphatic heterocycles. The lowest BCUT2D eigenvalue weighted by Crippen LogP contribution is -2.16. The Hall–Kier alpha value is -4.30. The highest BCUT2D eigenvalue weighted by atomic mass is 16.5. The molecule has 0 saturated carbocycles. The van der Waals surface area contributed by atoms with Gasteiger partial charge in [0.15, 0.2) is 0 Å². The minimum absolute atomic E-state index is 0.283. The summed E-state index contributed by atoms with van der Waals surface area (Å²) in [7, 11) is 0. The van der Waals surface area contributed by atoms with E-state index in [9.17, 15) is 4.79 Å². The number of benzene rings is 3. The number of para-hydroxylation sites is 1. The van der Waals surface area contributed by atoms with E-state index in [1.807, 2.05) is 35.9 Å². The van der Waals surface area contributed by atoms with E-state index in [0.29, 0.717) is 51.7 Å². The van der Waals surface area contributed by atoms with Crippen molar-refractivity contribution >= 4 is 27.6 Å². The van der Waals surface area contributed by atoms with Crippen LogP contribution in [0.2, 0.25) is 0 Å². The van der Waals surface area contributed by atoms with Crippen LogP contribution in [-0.2, 0) is 35.6 Å². The van der Waals surface area contributed by atoms with Crippen molar-refractivity contribution in [1.82, 2.24) is 14.3 Å². The minimum Gasteiger partial charge on any atom is -0.493 e. The molecule has 3 aromatic carbocycles. The fourth-order valence-corrected chi connectivity index (χ4v) is 6.53. The second-order valence-electron chi connectivity index (χ2n) is 11.1. The summed E-state index contributed by atoms with van der Waals surface area (Å²) in [6.07, 6.45) is 4.13. The van der Waals surface area contributed by atoms with E-state index in [1.54, 1.807) is 0 Å². The van der Waals surface area contributed by atoms with Gasteiger partial charge in [-0.15, -0.1) is 0 Å². The van der Waals surface area contributed by atoms with E-state index in [0.717, 1.165) is 87.9 Å². The molecule has 8 heteroatoms. The maximum Gasteiger partial charge on any atom is 0.355 e. The van der Waals surface area contributed by atoms with Crippen LogP contribution in [0.3, 0.4) is 0 Å². The molecule has 5 aromatic rings. The number of hydrogen-bond donors (Lipinski definition) is 0. The monoisotopic (exact) mass is 579 g/mol. The van der Waals surface area contributed by atoms with Crippen LogP contribution in [-0.4, -0.2) is 46.7 Å². The average molecular weight is 580 g/mol. The summed E-state index contributed by atoms with van der Waals surface area (Å²) >= 11 is 0. The molecular weight excluding hydrogens is 542 g/mol. The van der Waals surface area contributed by atoms with Crippen molar-refractivity contribution in [2.45, 2.75) is 58.7 Å². The number of esters is 1. The van der Waals surface area contributed by atoms with E-state index in [1.165, 1.54) is 0 Å². The van der Waals surface area contributed by atoms with Gasteiger partial charge in [0, 0.05) is 42.5 Å². The lowest BCUT2D eigenvalue weighted by atomic mass is 9.99. The van der Waals surface area contributed by atoms with Crippen molar-refractivity contribution in [3.8, 4) is 22.8 Å². The van der Waals surface area contributed by atoms with E-state index >= 15 is 0 Å². The van der Waals surface area contributed by atoms with E-state index in [4.69, 9.17) is 24.0 Å². The smallest absolute Gasteiger partial charge is 0.355 e. The number of ether oxygens (including phenoxy) is 4. The molecule has 2 aromatic heterocycles. The Morgan fingerprint density at radius 1 is 0.953 bits per heavy atom. The van der Waals surface area contributed by atoms with Crippen LogP contribution >= 0.6 is 0 Å². The summed E-state index contributed by atoms with van der Waals surface area (Å²) in [4.78, 5) is 13.7. The number of aromatic nitrogens is 3. The topological polar surface area (TPSA) is 76.7 Å². The number of aryl methyl sites for hydroxylation is 3. The Bertz CT molecular complexity index is 1780. The van der Waals surface area contributed by atoms with E-state index in [-0.39, 0.29) is 5.97 Å². The van der Waals surface area contributed by atoms with Crippen LogP contribution in [0, 0.1) is 0 Å². The van der Waals surface area contributed by atoms with Gasteiger partial charge in [-0.1, -0.05) is 54.6 Å². The standard InChI is InChI=1S/C35H37N3O5/c1-2-41-35(39)33-27(16-9-21-42-30-17-7-12-24-11-3-4-13-25(24)30)26-14-8-15-28-31-29(36-38-19-10-22-43-34(31)38)23-40-20-6-5-18-37(33)32(26)28/h3-4,7-8,11-15,17H,2,5-6,9-10,16,18-23H2,1H3. The zero-order chi connectivity index (χ0) is 29.2. The van der Waals surface area contributed by atoms with Gasteiger partial charge in [-0.25, -0.2) is 9.48 Å². The number of carbonyl (C=O) groups excluding carboxylic acids is 1. The molecule has 0 spiro atoms. The molecule has 0 saturated heterocycles. The Labute approximate surface area is 251 Å². The van der Waals surface area contributed by atoms with Crippen molar-refractivity contribution < 1.29 is 23.7 Å². The molecule has 0 unspecified atom stereocenters. The zero-order valence-corrected chi connectivity index (χ0v) is 24.6. The fourth-order valence-electron chi connectivity index (χ4n) is 6.53. The first-order chi connectivity index (χ1) is 21.2. The van der Waals surface area contributed by atoms with Gasteiger partial charge in [0.25, 0.3) is 0 Å². The first kappa shape index (κ1) is 27.5. The molecule has 0 radical (unpaired) electrons. The Morgan fingerprint density at radius 3 is 2.74 bits per heavy atom. The van der Waals surface area contributed by atoms with Crippen LogP contribution in [0.1, 0.15) is 54.4 Å². The highest BCUT2D eigenvalue weighted by Gasteiger charge is 2.30. The molecule has 0 atom stereocenters. The van der Waals surface area contributed by atoms with Gasteiger partial charge in [0.1, 0.15) is 17.1 Å². The van der Waals surface area contributed by atoms with Crippen LogP contribution in [0.5, 0.6) is 11.6 Å². The molecule has 2 aliphatic rings. The third kappa shape index (κ3) is 5.14. The molecule has 0 aliphatic carbocycles. The minimum atomic E-state index is -0.283. The number of carbonyl (C=O) groups is 1. The van der Waals surface area contributed by atoms with Gasteiger partial charge in [-0.2, -0.15) is 5.10 Å². The molecular formula is C35H37N3O5. The predicted molar refractivity (Wildman–Crippen MR) is 166 cm³/mol. The van der Waals surface area contributed by atoms with Gasteiger partial charge in [-0.3, -0.25) is 0 Å². The lowest BCUT2D eigenvalue weighted by molar-refractivity contribution is 0.0512. The Balaban J connectivity index is 1.31. The Morgan fingerprint density at radius 2 is 1.81 bits per heavy atom. The average Bonchev–Trinajstić information content (AvgIpc) is 3.55.